The molecule has 0 fully saturated rings. The molecular weight excluding hydrogens is 378 g/mol. The number of rotatable bonds is 6. The first-order valence-electron chi connectivity index (χ1n) is 7.26. The Kier molecular flexibility index (Phi) is 5.84. The van der Waals surface area contributed by atoms with E-state index in [4.69, 9.17) is 4.74 Å². The highest BCUT2D eigenvalue weighted by atomic mass is 79.9. The Labute approximate surface area is 146 Å². The fourth-order valence-corrected chi connectivity index (χ4v) is 4.06. The van der Waals surface area contributed by atoms with Gasteiger partial charge in [0.15, 0.2) is 0 Å². The van der Waals surface area contributed by atoms with Gasteiger partial charge in [-0.3, -0.25) is 0 Å². The van der Waals surface area contributed by atoms with Gasteiger partial charge in [0.25, 0.3) is 0 Å². The molecule has 0 amide bonds. The van der Waals surface area contributed by atoms with Crippen LogP contribution in [-0.4, -0.2) is 21.1 Å². The first-order valence-corrected chi connectivity index (χ1v) is 9.54. The lowest BCUT2D eigenvalue weighted by Crippen LogP contribution is -2.36. The Bertz CT molecular complexity index is 770. The summed E-state index contributed by atoms with van der Waals surface area (Å²) in [5.74, 6) is 0.806. The third-order valence-electron chi connectivity index (χ3n) is 3.35. The lowest BCUT2D eigenvalue weighted by Gasteiger charge is -2.17. The van der Waals surface area contributed by atoms with E-state index in [-0.39, 0.29) is 17.5 Å². The second-order valence-corrected chi connectivity index (χ2v) is 8.14. The van der Waals surface area contributed by atoms with Crippen molar-refractivity contribution in [3.8, 4) is 5.75 Å². The van der Waals surface area contributed by atoms with Crippen LogP contribution in [0.25, 0.3) is 0 Å². The van der Waals surface area contributed by atoms with Crippen LogP contribution in [0.2, 0.25) is 0 Å². The van der Waals surface area contributed by atoms with Gasteiger partial charge in [0.05, 0.1) is 10.9 Å². The van der Waals surface area contributed by atoms with E-state index in [1.807, 2.05) is 32.0 Å². The van der Waals surface area contributed by atoms with Gasteiger partial charge in [-0.2, -0.15) is 0 Å². The maximum atomic E-state index is 12.4. The summed E-state index contributed by atoms with van der Waals surface area (Å²) in [6.45, 7) is 5.99. The Morgan fingerprint density at radius 2 is 1.74 bits per heavy atom. The molecule has 0 aliphatic carbocycles. The van der Waals surface area contributed by atoms with Crippen molar-refractivity contribution in [2.24, 2.45) is 0 Å². The van der Waals surface area contributed by atoms with Gasteiger partial charge in [-0.15, -0.1) is 0 Å². The molecule has 23 heavy (non-hydrogen) atoms. The molecule has 4 nitrogen and oxygen atoms in total. The zero-order valence-electron chi connectivity index (χ0n) is 13.3. The molecule has 2 rings (SSSR count). The minimum absolute atomic E-state index is 0.228. The van der Waals surface area contributed by atoms with E-state index in [9.17, 15) is 8.42 Å². The van der Waals surface area contributed by atoms with Crippen molar-refractivity contribution in [2.45, 2.75) is 31.7 Å². The van der Waals surface area contributed by atoms with Crippen LogP contribution in [0.1, 0.15) is 18.1 Å². The highest BCUT2D eigenvalue weighted by Crippen LogP contribution is 2.22. The molecule has 124 valence electrons. The van der Waals surface area contributed by atoms with E-state index in [2.05, 4.69) is 20.7 Å². The zero-order chi connectivity index (χ0) is 17.0. The second kappa shape index (κ2) is 7.47. The summed E-state index contributed by atoms with van der Waals surface area (Å²) in [7, 11) is -3.57. The summed E-state index contributed by atoms with van der Waals surface area (Å²) >= 11 is 3.28. The van der Waals surface area contributed by atoms with E-state index < -0.39 is 10.0 Å². The summed E-state index contributed by atoms with van der Waals surface area (Å²) in [5.41, 5.74) is 2.07. The molecule has 0 radical (unpaired) electrons. The number of hydrogen-bond donors (Lipinski definition) is 1. The Balaban J connectivity index is 2.03. The van der Waals surface area contributed by atoms with Crippen molar-refractivity contribution in [3.05, 3.63) is 58.1 Å². The lowest BCUT2D eigenvalue weighted by molar-refractivity contribution is 0.284. The van der Waals surface area contributed by atoms with E-state index in [1.54, 1.807) is 31.2 Å². The number of benzene rings is 2. The molecule has 1 unspecified atom stereocenters. The quantitative estimate of drug-likeness (QED) is 0.805. The summed E-state index contributed by atoms with van der Waals surface area (Å²) in [6.07, 6.45) is 0. The molecular formula is C17H20BrNO3S. The fourth-order valence-electron chi connectivity index (χ4n) is 2.24. The molecule has 2 aromatic carbocycles. The van der Waals surface area contributed by atoms with Gasteiger partial charge in [-0.25, -0.2) is 13.1 Å². The molecule has 0 bridgehead atoms. The van der Waals surface area contributed by atoms with Crippen LogP contribution in [0.3, 0.4) is 0 Å². The number of aryl methyl sites for hydroxylation is 2. The normalized spacial score (nSPS) is 12.9. The number of sulfonamides is 1. The van der Waals surface area contributed by atoms with Crippen molar-refractivity contribution in [1.29, 1.82) is 0 Å². The van der Waals surface area contributed by atoms with Crippen LogP contribution in [0, 0.1) is 13.8 Å². The summed E-state index contributed by atoms with van der Waals surface area (Å²) in [5, 5.41) is 0. The van der Waals surface area contributed by atoms with Crippen LogP contribution in [0.15, 0.2) is 51.8 Å². The molecule has 1 atom stereocenters. The average Bonchev–Trinajstić information content (AvgIpc) is 2.46. The Morgan fingerprint density at radius 3 is 2.35 bits per heavy atom. The molecule has 0 aliphatic rings. The van der Waals surface area contributed by atoms with Gasteiger partial charge in [-0.1, -0.05) is 40.2 Å². The lowest BCUT2D eigenvalue weighted by atomic mass is 10.1. The molecule has 0 aliphatic heterocycles. The highest BCUT2D eigenvalue weighted by Gasteiger charge is 2.18. The number of ether oxygens (including phenoxy) is 1. The zero-order valence-corrected chi connectivity index (χ0v) is 15.7. The van der Waals surface area contributed by atoms with Crippen LogP contribution < -0.4 is 9.46 Å². The van der Waals surface area contributed by atoms with Crippen LogP contribution in [0.5, 0.6) is 5.75 Å². The van der Waals surface area contributed by atoms with Crippen LogP contribution in [0.4, 0.5) is 0 Å². The minimum Gasteiger partial charge on any atom is -0.491 e. The van der Waals surface area contributed by atoms with Crippen molar-refractivity contribution in [1.82, 2.24) is 4.72 Å². The number of halogens is 1. The molecule has 0 heterocycles. The number of para-hydroxylation sites is 1. The Hall–Kier alpha value is -1.37. The van der Waals surface area contributed by atoms with Crippen molar-refractivity contribution < 1.29 is 13.2 Å². The average molecular weight is 398 g/mol. The molecule has 6 heteroatoms. The largest absolute Gasteiger partial charge is 0.491 e. The van der Waals surface area contributed by atoms with Crippen LogP contribution >= 0.6 is 15.9 Å². The van der Waals surface area contributed by atoms with Crippen molar-refractivity contribution in [2.75, 3.05) is 6.61 Å². The molecule has 0 aromatic heterocycles. The van der Waals surface area contributed by atoms with Gasteiger partial charge in [0, 0.05) is 4.47 Å². The summed E-state index contributed by atoms with van der Waals surface area (Å²) in [4.78, 5) is 0.228. The predicted molar refractivity (Wildman–Crippen MR) is 95.3 cm³/mol. The van der Waals surface area contributed by atoms with Gasteiger partial charge in [-0.05, 0) is 50.1 Å². The first kappa shape index (κ1) is 18.0. The predicted octanol–water partition coefficient (Wildman–Crippen LogP) is 3.81. The SMILES string of the molecule is Cc1cccc(C)c1OCC(C)NS(=O)(=O)c1cccc(Br)c1. The third kappa shape index (κ3) is 4.80. The molecule has 2 aromatic rings. The van der Waals surface area contributed by atoms with Crippen LogP contribution in [-0.2, 0) is 10.0 Å². The Morgan fingerprint density at radius 1 is 1.13 bits per heavy atom. The maximum absolute atomic E-state index is 12.4. The van der Waals surface area contributed by atoms with Crippen molar-refractivity contribution >= 4 is 26.0 Å². The van der Waals surface area contributed by atoms with E-state index >= 15 is 0 Å². The highest BCUT2D eigenvalue weighted by molar-refractivity contribution is 9.10. The summed E-state index contributed by atoms with van der Waals surface area (Å²) in [6, 6.07) is 12.2. The van der Waals surface area contributed by atoms with E-state index in [0.717, 1.165) is 21.3 Å². The fraction of sp³-hybridized carbons (Fsp3) is 0.294. The van der Waals surface area contributed by atoms with E-state index in [1.165, 1.54) is 0 Å². The molecule has 0 spiro atoms. The van der Waals surface area contributed by atoms with E-state index in [0.29, 0.717) is 0 Å². The monoisotopic (exact) mass is 397 g/mol. The standard InChI is InChI=1S/C17H20BrNO3S/c1-12-6-4-7-13(2)17(12)22-11-14(3)19-23(20,21)16-9-5-8-15(18)10-16/h4-10,14,19H,11H2,1-3H3. The van der Waals surface area contributed by atoms with Gasteiger partial charge < -0.3 is 4.74 Å². The van der Waals surface area contributed by atoms with Gasteiger partial charge in [0.2, 0.25) is 10.0 Å². The molecule has 0 saturated carbocycles. The third-order valence-corrected chi connectivity index (χ3v) is 5.43. The molecule has 1 N–H and O–H groups in total. The van der Waals surface area contributed by atoms with Crippen molar-refractivity contribution in [3.63, 3.8) is 0 Å². The minimum atomic E-state index is -3.57. The second-order valence-electron chi connectivity index (χ2n) is 5.51. The summed E-state index contributed by atoms with van der Waals surface area (Å²) < 4.78 is 33.9. The smallest absolute Gasteiger partial charge is 0.240 e. The maximum Gasteiger partial charge on any atom is 0.240 e. The first-order chi connectivity index (χ1) is 10.8. The molecule has 0 saturated heterocycles. The van der Waals surface area contributed by atoms with Gasteiger partial charge >= 0.3 is 0 Å². The van der Waals surface area contributed by atoms with Gasteiger partial charge in [0.1, 0.15) is 12.4 Å². The number of hydrogen-bond acceptors (Lipinski definition) is 3. The topological polar surface area (TPSA) is 55.4 Å². The number of nitrogens with one attached hydrogen (secondary N) is 1.